The fourth-order valence-corrected chi connectivity index (χ4v) is 7.95. The van der Waals surface area contributed by atoms with Crippen molar-refractivity contribution in [2.75, 3.05) is 31.7 Å². The summed E-state index contributed by atoms with van der Waals surface area (Å²) in [6, 6.07) is 24.6. The molecule has 0 aromatic heterocycles. The van der Waals surface area contributed by atoms with E-state index in [0.29, 0.717) is 43.8 Å². The van der Waals surface area contributed by atoms with Gasteiger partial charge in [-0.25, -0.2) is 0 Å². The van der Waals surface area contributed by atoms with Crippen LogP contribution in [0.25, 0.3) is 0 Å². The number of benzene rings is 3. The topological polar surface area (TPSA) is 99.6 Å². The number of rotatable bonds is 14. The molecule has 6 atom stereocenters. The van der Waals surface area contributed by atoms with Gasteiger partial charge >= 0.3 is 0 Å². The van der Waals surface area contributed by atoms with Crippen molar-refractivity contribution < 1.29 is 29.0 Å². The van der Waals surface area contributed by atoms with Crippen LogP contribution in [0.1, 0.15) is 24.0 Å². The molecule has 48 heavy (non-hydrogen) atoms. The van der Waals surface area contributed by atoms with Crippen LogP contribution in [0, 0.1) is 11.8 Å². The van der Waals surface area contributed by atoms with E-state index >= 15 is 0 Å². The van der Waals surface area contributed by atoms with Crippen LogP contribution < -0.4 is 9.64 Å². The SMILES string of the molecule is C=CCN(Cc1ccccc1)C(=O)[C@@H]1[C@@H]2CCC3(O2)C(C(=O)N(CC=C)c2ccc(OC)cc2)N([C@@H](CO)Cc2ccccc2)C(=O)[C@H]13. The van der Waals surface area contributed by atoms with E-state index in [4.69, 9.17) is 9.47 Å². The van der Waals surface area contributed by atoms with Crippen LogP contribution in [-0.2, 0) is 32.1 Å². The minimum Gasteiger partial charge on any atom is -0.497 e. The molecule has 3 saturated heterocycles. The highest BCUT2D eigenvalue weighted by atomic mass is 16.5. The van der Waals surface area contributed by atoms with Gasteiger partial charge in [0.2, 0.25) is 11.8 Å². The highest BCUT2D eigenvalue weighted by Crippen LogP contribution is 2.59. The summed E-state index contributed by atoms with van der Waals surface area (Å²) >= 11 is 0. The lowest BCUT2D eigenvalue weighted by Crippen LogP contribution is -2.59. The van der Waals surface area contributed by atoms with Crippen molar-refractivity contribution in [3.8, 4) is 5.75 Å². The Morgan fingerprint density at radius 1 is 0.979 bits per heavy atom. The van der Waals surface area contributed by atoms with E-state index in [1.54, 1.807) is 53.3 Å². The van der Waals surface area contributed by atoms with Gasteiger partial charge < -0.3 is 29.3 Å². The number of carbonyl (C=O) groups is 3. The minimum absolute atomic E-state index is 0.183. The number of ether oxygens (including phenoxy) is 2. The third-order valence-corrected chi connectivity index (χ3v) is 10.0. The lowest BCUT2D eigenvalue weighted by molar-refractivity contribution is -0.147. The maximum Gasteiger partial charge on any atom is 0.253 e. The Bertz CT molecular complexity index is 1630. The molecule has 3 amide bonds. The van der Waals surface area contributed by atoms with Crippen LogP contribution in [0.3, 0.4) is 0 Å². The largest absolute Gasteiger partial charge is 0.497 e. The molecular weight excluding hydrogens is 606 g/mol. The van der Waals surface area contributed by atoms with Crippen molar-refractivity contribution in [1.29, 1.82) is 0 Å². The fraction of sp³-hybridized carbons (Fsp3) is 0.359. The standard InChI is InChI=1S/C39H43N3O6/c1-4-22-40(25-28-14-10-7-11-15-28)36(44)33-32-20-21-39(48-32)34(33)37(45)42(30(26-43)24-27-12-8-6-9-13-27)35(39)38(46)41(23-5-2)29-16-18-31(47-3)19-17-29/h4-19,30,32-35,43H,1-2,20-26H2,3H3/t30-,32+,33-,34+,35?,39?/m1/s1. The zero-order chi connectivity index (χ0) is 33.8. The second-order valence-electron chi connectivity index (χ2n) is 12.8. The number of hydrogen-bond donors (Lipinski definition) is 1. The lowest BCUT2D eigenvalue weighted by Gasteiger charge is -2.39. The number of likely N-dealkylation sites (tertiary alicyclic amines) is 1. The minimum atomic E-state index is -1.23. The Kier molecular flexibility index (Phi) is 9.80. The number of anilines is 1. The van der Waals surface area contributed by atoms with Crippen LogP contribution >= 0.6 is 0 Å². The molecule has 0 aliphatic carbocycles. The van der Waals surface area contributed by atoms with Crippen molar-refractivity contribution in [2.45, 2.75) is 49.6 Å². The summed E-state index contributed by atoms with van der Waals surface area (Å²) in [4.78, 5) is 49.2. The molecule has 2 bridgehead atoms. The second kappa shape index (κ2) is 14.2. The molecule has 3 heterocycles. The Morgan fingerprint density at radius 3 is 2.23 bits per heavy atom. The summed E-state index contributed by atoms with van der Waals surface area (Å²) in [5.74, 6) is -1.90. The Hall–Kier alpha value is -4.73. The molecular formula is C39H43N3O6. The maximum absolute atomic E-state index is 15.0. The van der Waals surface area contributed by atoms with E-state index in [-0.39, 0.29) is 30.9 Å². The van der Waals surface area contributed by atoms with Gasteiger partial charge in [-0.15, -0.1) is 13.2 Å². The first-order chi connectivity index (χ1) is 23.4. The van der Waals surface area contributed by atoms with E-state index in [1.807, 2.05) is 60.7 Å². The van der Waals surface area contributed by atoms with Gasteiger partial charge in [-0.05, 0) is 54.7 Å². The normalized spacial score (nSPS) is 24.5. The van der Waals surface area contributed by atoms with E-state index in [9.17, 15) is 19.5 Å². The summed E-state index contributed by atoms with van der Waals surface area (Å²) in [6.45, 7) is 8.26. The molecule has 3 aliphatic rings. The zero-order valence-electron chi connectivity index (χ0n) is 27.3. The number of hydrogen-bond acceptors (Lipinski definition) is 6. The third-order valence-electron chi connectivity index (χ3n) is 10.0. The molecule has 0 radical (unpaired) electrons. The van der Waals surface area contributed by atoms with Crippen LogP contribution in [-0.4, -0.2) is 83.2 Å². The van der Waals surface area contributed by atoms with Gasteiger partial charge in [0.15, 0.2) is 0 Å². The Labute approximate surface area is 282 Å². The van der Waals surface area contributed by atoms with E-state index in [0.717, 1.165) is 11.1 Å². The smallest absolute Gasteiger partial charge is 0.253 e. The quantitative estimate of drug-likeness (QED) is 0.260. The van der Waals surface area contributed by atoms with Crippen LogP contribution in [0.5, 0.6) is 5.75 Å². The van der Waals surface area contributed by atoms with Crippen LogP contribution in [0.4, 0.5) is 5.69 Å². The molecule has 250 valence electrons. The number of aliphatic hydroxyl groups is 1. The number of methoxy groups -OCH3 is 1. The van der Waals surface area contributed by atoms with Crippen molar-refractivity contribution in [1.82, 2.24) is 9.80 Å². The monoisotopic (exact) mass is 649 g/mol. The summed E-state index contributed by atoms with van der Waals surface area (Å²) in [5, 5.41) is 10.8. The highest BCUT2D eigenvalue weighted by Gasteiger charge is 2.75. The molecule has 9 nitrogen and oxygen atoms in total. The molecule has 1 N–H and O–H groups in total. The Morgan fingerprint density at radius 2 is 1.62 bits per heavy atom. The molecule has 6 rings (SSSR count). The summed E-state index contributed by atoms with van der Waals surface area (Å²) < 4.78 is 12.1. The van der Waals surface area contributed by atoms with E-state index in [2.05, 4.69) is 13.2 Å². The van der Waals surface area contributed by atoms with Gasteiger partial charge in [-0.2, -0.15) is 0 Å². The van der Waals surface area contributed by atoms with Gasteiger partial charge in [0.05, 0.1) is 37.7 Å². The lowest BCUT2D eigenvalue weighted by atomic mass is 9.70. The molecule has 3 aromatic carbocycles. The van der Waals surface area contributed by atoms with Crippen molar-refractivity contribution in [3.63, 3.8) is 0 Å². The zero-order valence-corrected chi connectivity index (χ0v) is 27.3. The van der Waals surface area contributed by atoms with Crippen molar-refractivity contribution in [3.05, 3.63) is 121 Å². The van der Waals surface area contributed by atoms with E-state index in [1.165, 1.54) is 4.90 Å². The van der Waals surface area contributed by atoms with Gasteiger partial charge in [0, 0.05) is 25.3 Å². The summed E-state index contributed by atoms with van der Waals surface area (Å²) in [7, 11) is 1.58. The Balaban J connectivity index is 1.41. The van der Waals surface area contributed by atoms with Gasteiger partial charge in [0.25, 0.3) is 5.91 Å². The summed E-state index contributed by atoms with van der Waals surface area (Å²) in [5.41, 5.74) is 1.25. The van der Waals surface area contributed by atoms with E-state index < -0.39 is 35.6 Å². The number of nitrogens with zero attached hydrogens (tertiary/aromatic N) is 3. The highest BCUT2D eigenvalue weighted by molar-refractivity contribution is 6.05. The molecule has 2 unspecified atom stereocenters. The third kappa shape index (κ3) is 5.93. The van der Waals surface area contributed by atoms with Crippen molar-refractivity contribution >= 4 is 23.4 Å². The van der Waals surface area contributed by atoms with Crippen LogP contribution in [0.2, 0.25) is 0 Å². The molecule has 3 aromatic rings. The molecule has 0 saturated carbocycles. The predicted molar refractivity (Wildman–Crippen MR) is 183 cm³/mol. The number of aliphatic hydroxyl groups excluding tert-OH is 1. The van der Waals surface area contributed by atoms with Gasteiger partial charge in [-0.3, -0.25) is 14.4 Å². The molecule has 9 heteroatoms. The number of fused-ring (bicyclic) bond motifs is 1. The first-order valence-corrected chi connectivity index (χ1v) is 16.5. The second-order valence-corrected chi connectivity index (χ2v) is 12.8. The molecule has 1 spiro atoms. The first-order valence-electron chi connectivity index (χ1n) is 16.5. The van der Waals surface area contributed by atoms with Gasteiger partial charge in [0.1, 0.15) is 17.4 Å². The maximum atomic E-state index is 15.0. The molecule has 3 aliphatic heterocycles. The van der Waals surface area contributed by atoms with Crippen LogP contribution in [0.15, 0.2) is 110 Å². The summed E-state index contributed by atoms with van der Waals surface area (Å²) in [6.07, 6.45) is 4.13. The average molecular weight is 650 g/mol. The fourth-order valence-electron chi connectivity index (χ4n) is 7.95. The van der Waals surface area contributed by atoms with Gasteiger partial charge in [-0.1, -0.05) is 72.8 Å². The number of carbonyl (C=O) groups excluding carboxylic acids is 3. The molecule has 3 fully saturated rings. The predicted octanol–water partition coefficient (Wildman–Crippen LogP) is 4.41. The first kappa shape index (κ1) is 33.2. The average Bonchev–Trinajstić information content (AvgIpc) is 3.77. The number of amides is 3. The van der Waals surface area contributed by atoms with Crippen molar-refractivity contribution in [2.24, 2.45) is 11.8 Å².